The normalized spacial score (nSPS) is 9.38. The lowest BCUT2D eigenvalue weighted by Crippen LogP contribution is -2.22. The highest BCUT2D eigenvalue weighted by atomic mass is 32.2. The molecule has 0 aromatic carbocycles. The zero-order chi connectivity index (χ0) is 10.1. The van der Waals surface area contributed by atoms with E-state index < -0.39 is 0 Å². The van der Waals surface area contributed by atoms with Crippen LogP contribution in [0.1, 0.15) is 13.3 Å². The number of thioether (sulfide) groups is 1. The highest BCUT2D eigenvalue weighted by Gasteiger charge is 1.99. The van der Waals surface area contributed by atoms with Crippen LogP contribution in [0.2, 0.25) is 0 Å². The maximum atomic E-state index is 10.6. The van der Waals surface area contributed by atoms with Crippen LogP contribution in [0.3, 0.4) is 0 Å². The Balaban J connectivity index is 3.08. The Labute approximate surface area is 82.4 Å². The van der Waals surface area contributed by atoms with Gasteiger partial charge in [-0.1, -0.05) is 0 Å². The topological polar surface area (TPSA) is 55.4 Å². The molecule has 76 valence electrons. The van der Waals surface area contributed by atoms with Crippen molar-refractivity contribution < 1.29 is 14.3 Å². The molecule has 0 radical (unpaired) electrons. The number of carbonyl (C=O) groups is 2. The summed E-state index contributed by atoms with van der Waals surface area (Å²) >= 11 is 1.62. The van der Waals surface area contributed by atoms with E-state index in [1.54, 1.807) is 11.8 Å². The lowest BCUT2D eigenvalue weighted by molar-refractivity contribution is -0.140. The zero-order valence-electron chi connectivity index (χ0n) is 7.96. The summed E-state index contributed by atoms with van der Waals surface area (Å²) in [5.41, 5.74) is 0. The number of nitrogens with one attached hydrogen (secondary N) is 1. The van der Waals surface area contributed by atoms with Crippen molar-refractivity contribution in [1.82, 2.24) is 5.32 Å². The standard InChI is InChI=1S/C8H15NO3S/c1-7(10)9-4-6-13-5-3-8(11)12-2/h3-6H2,1-2H3,(H,9,10). The van der Waals surface area contributed by atoms with Crippen LogP contribution in [-0.2, 0) is 14.3 Å². The molecule has 0 aliphatic rings. The SMILES string of the molecule is COC(=O)CCSCCNC(C)=O. The van der Waals surface area contributed by atoms with Gasteiger partial charge in [0.2, 0.25) is 5.91 Å². The third-order valence-corrected chi connectivity index (χ3v) is 2.28. The average molecular weight is 205 g/mol. The summed E-state index contributed by atoms with van der Waals surface area (Å²) in [5, 5.41) is 2.67. The van der Waals surface area contributed by atoms with E-state index in [4.69, 9.17) is 0 Å². The van der Waals surface area contributed by atoms with Crippen LogP contribution in [-0.4, -0.2) is 37.0 Å². The van der Waals surface area contributed by atoms with Crippen molar-refractivity contribution in [2.45, 2.75) is 13.3 Å². The van der Waals surface area contributed by atoms with Crippen molar-refractivity contribution in [3.8, 4) is 0 Å². The Kier molecular flexibility index (Phi) is 7.48. The summed E-state index contributed by atoms with van der Waals surface area (Å²) in [6.45, 7) is 2.14. The van der Waals surface area contributed by atoms with E-state index >= 15 is 0 Å². The first-order valence-electron chi connectivity index (χ1n) is 4.06. The molecule has 0 atom stereocenters. The predicted molar refractivity (Wildman–Crippen MR) is 52.6 cm³/mol. The summed E-state index contributed by atoms with van der Waals surface area (Å²) in [7, 11) is 1.38. The minimum Gasteiger partial charge on any atom is -0.469 e. The van der Waals surface area contributed by atoms with Crippen molar-refractivity contribution in [3.63, 3.8) is 0 Å². The third-order valence-electron chi connectivity index (χ3n) is 1.30. The Bertz CT molecular complexity index is 173. The molecule has 0 aliphatic heterocycles. The van der Waals surface area contributed by atoms with Gasteiger partial charge in [0.1, 0.15) is 0 Å². The molecule has 0 saturated heterocycles. The number of methoxy groups -OCH3 is 1. The van der Waals surface area contributed by atoms with Crippen molar-refractivity contribution >= 4 is 23.6 Å². The quantitative estimate of drug-likeness (QED) is 0.504. The molecule has 0 spiro atoms. The lowest BCUT2D eigenvalue weighted by Gasteiger charge is -2.01. The van der Waals surface area contributed by atoms with Gasteiger partial charge >= 0.3 is 5.97 Å². The lowest BCUT2D eigenvalue weighted by atomic mass is 10.5. The largest absolute Gasteiger partial charge is 0.469 e. The molecule has 0 aromatic heterocycles. The molecule has 0 heterocycles. The smallest absolute Gasteiger partial charge is 0.306 e. The number of amides is 1. The van der Waals surface area contributed by atoms with Crippen molar-refractivity contribution in [2.75, 3.05) is 25.2 Å². The van der Waals surface area contributed by atoms with Gasteiger partial charge in [-0.25, -0.2) is 0 Å². The summed E-state index contributed by atoms with van der Waals surface area (Å²) in [5.74, 6) is 1.36. The van der Waals surface area contributed by atoms with Gasteiger partial charge in [-0.15, -0.1) is 0 Å². The molecule has 0 rings (SSSR count). The van der Waals surface area contributed by atoms with Crippen LogP contribution in [0.25, 0.3) is 0 Å². The van der Waals surface area contributed by atoms with E-state index in [1.165, 1.54) is 14.0 Å². The molecule has 1 amide bonds. The molecule has 0 saturated carbocycles. The first-order valence-corrected chi connectivity index (χ1v) is 5.21. The Hall–Kier alpha value is -0.710. The van der Waals surface area contributed by atoms with Crippen molar-refractivity contribution in [1.29, 1.82) is 0 Å². The van der Waals surface area contributed by atoms with E-state index in [9.17, 15) is 9.59 Å². The predicted octanol–water partition coefficient (Wildman–Crippen LogP) is 0.419. The molecule has 5 heteroatoms. The maximum Gasteiger partial charge on any atom is 0.306 e. The van der Waals surface area contributed by atoms with Crippen molar-refractivity contribution in [3.05, 3.63) is 0 Å². The third kappa shape index (κ3) is 9.20. The number of carbonyl (C=O) groups excluding carboxylic acids is 2. The van der Waals surface area contributed by atoms with Crippen LogP contribution in [0.4, 0.5) is 0 Å². The van der Waals surface area contributed by atoms with Gasteiger partial charge in [-0.3, -0.25) is 9.59 Å². The summed E-state index contributed by atoms with van der Waals surface area (Å²) in [4.78, 5) is 21.1. The van der Waals surface area contributed by atoms with Crippen LogP contribution in [0.5, 0.6) is 0 Å². The molecule has 0 unspecified atom stereocenters. The molecule has 0 fully saturated rings. The molecule has 0 bridgehead atoms. The fourth-order valence-corrected chi connectivity index (χ4v) is 1.42. The summed E-state index contributed by atoms with van der Waals surface area (Å²) in [6, 6.07) is 0. The Morgan fingerprint density at radius 2 is 2.08 bits per heavy atom. The van der Waals surface area contributed by atoms with Gasteiger partial charge in [0.05, 0.1) is 13.5 Å². The number of hydrogen-bond donors (Lipinski definition) is 1. The van der Waals surface area contributed by atoms with Crippen LogP contribution < -0.4 is 5.32 Å². The first kappa shape index (κ1) is 12.3. The van der Waals surface area contributed by atoms with Gasteiger partial charge in [0, 0.05) is 25.0 Å². The maximum absolute atomic E-state index is 10.6. The summed E-state index contributed by atoms with van der Waals surface area (Å²) < 4.78 is 4.47. The second kappa shape index (κ2) is 7.91. The molecular weight excluding hydrogens is 190 g/mol. The fourth-order valence-electron chi connectivity index (χ4n) is 0.659. The second-order valence-corrected chi connectivity index (χ2v) is 3.65. The number of rotatable bonds is 6. The minimum atomic E-state index is -0.188. The molecular formula is C8H15NO3S. The van der Waals surface area contributed by atoms with Crippen LogP contribution in [0, 0.1) is 0 Å². The molecule has 4 nitrogen and oxygen atoms in total. The molecule has 13 heavy (non-hydrogen) atoms. The van der Waals surface area contributed by atoms with Crippen LogP contribution >= 0.6 is 11.8 Å². The van der Waals surface area contributed by atoms with E-state index in [1.807, 2.05) is 0 Å². The first-order chi connectivity index (χ1) is 6.16. The van der Waals surface area contributed by atoms with Crippen LogP contribution in [0.15, 0.2) is 0 Å². The van der Waals surface area contributed by atoms with Crippen molar-refractivity contribution in [2.24, 2.45) is 0 Å². The number of esters is 1. The van der Waals surface area contributed by atoms with Gasteiger partial charge in [0.15, 0.2) is 0 Å². The minimum absolute atomic E-state index is 0.0198. The van der Waals surface area contributed by atoms with Gasteiger partial charge in [-0.2, -0.15) is 11.8 Å². The summed E-state index contributed by atoms with van der Waals surface area (Å²) in [6.07, 6.45) is 0.432. The van der Waals surface area contributed by atoms with Gasteiger partial charge in [0.25, 0.3) is 0 Å². The molecule has 1 N–H and O–H groups in total. The number of ether oxygens (including phenoxy) is 1. The fraction of sp³-hybridized carbons (Fsp3) is 0.750. The van der Waals surface area contributed by atoms with E-state index in [-0.39, 0.29) is 11.9 Å². The highest BCUT2D eigenvalue weighted by Crippen LogP contribution is 2.01. The van der Waals surface area contributed by atoms with E-state index in [0.29, 0.717) is 13.0 Å². The second-order valence-electron chi connectivity index (χ2n) is 2.42. The molecule has 0 aliphatic carbocycles. The Morgan fingerprint density at radius 1 is 1.38 bits per heavy atom. The van der Waals surface area contributed by atoms with Gasteiger partial charge < -0.3 is 10.1 Å². The highest BCUT2D eigenvalue weighted by molar-refractivity contribution is 7.99. The van der Waals surface area contributed by atoms with E-state index in [2.05, 4.69) is 10.1 Å². The molecule has 0 aromatic rings. The van der Waals surface area contributed by atoms with E-state index in [0.717, 1.165) is 11.5 Å². The monoisotopic (exact) mass is 205 g/mol. The number of hydrogen-bond acceptors (Lipinski definition) is 4. The Morgan fingerprint density at radius 3 is 2.62 bits per heavy atom. The zero-order valence-corrected chi connectivity index (χ0v) is 8.78. The average Bonchev–Trinajstić information content (AvgIpc) is 2.10. The van der Waals surface area contributed by atoms with Gasteiger partial charge in [-0.05, 0) is 0 Å².